The highest BCUT2D eigenvalue weighted by Crippen LogP contribution is 2.44. The lowest BCUT2D eigenvalue weighted by atomic mass is 9.73. The Hall–Kier alpha value is -3.46. The molecule has 3 rings (SSSR count). The summed E-state index contributed by atoms with van der Waals surface area (Å²) in [4.78, 5) is 41.8. The minimum Gasteiger partial charge on any atom is -0.463 e. The van der Waals surface area contributed by atoms with Crippen LogP contribution in [0.4, 0.5) is 18.9 Å². The summed E-state index contributed by atoms with van der Waals surface area (Å²) in [5.41, 5.74) is 6.24. The van der Waals surface area contributed by atoms with Gasteiger partial charge in [-0.25, -0.2) is 4.79 Å². The summed E-state index contributed by atoms with van der Waals surface area (Å²) in [7, 11) is 0. The lowest BCUT2D eigenvalue weighted by Gasteiger charge is -2.39. The number of ether oxygens (including phenoxy) is 1. The zero-order valence-corrected chi connectivity index (χ0v) is 21.1. The maximum absolute atomic E-state index is 14.0. The molecule has 1 amide bonds. The molecule has 0 fully saturated rings. The smallest absolute Gasteiger partial charge is 0.416 e. The number of hydrogen-bond donors (Lipinski definition) is 1. The van der Waals surface area contributed by atoms with Crippen LogP contribution in [0, 0.1) is 5.92 Å². The van der Waals surface area contributed by atoms with Gasteiger partial charge >= 0.3 is 12.1 Å². The fourth-order valence-electron chi connectivity index (χ4n) is 4.64. The second-order valence-electron chi connectivity index (χ2n) is 8.91. The lowest BCUT2D eigenvalue weighted by molar-refractivity contribution is -0.140. The molecule has 0 aromatic heterocycles. The van der Waals surface area contributed by atoms with Crippen LogP contribution in [0.25, 0.3) is 0 Å². The van der Waals surface area contributed by atoms with Gasteiger partial charge < -0.3 is 10.5 Å². The number of Topliss-reactive ketones (excluding diaryl/α,β-unsaturated/α-hetero) is 1. The molecular formula is C28H31F3N2O4. The largest absolute Gasteiger partial charge is 0.463 e. The molecule has 2 aromatic rings. The van der Waals surface area contributed by atoms with Gasteiger partial charge in [-0.1, -0.05) is 43.7 Å². The SMILES string of the molecule is CCCCC(=O)C1C(=O)N(c2cccc(C(F)(F)F)c2)C(C)=C(C(=O)OCC)C1c1ccc(CN)cc1. The standard InChI is InChI=1S/C28H31F3N2O4/c1-4-6-10-22(34)25-24(19-13-11-18(16-32)12-14-19)23(27(36)37-5-2)17(3)33(26(25)35)21-9-7-8-20(15-21)28(29,30)31/h7-9,11-15,24-25H,4-6,10,16,32H2,1-3H3. The van der Waals surface area contributed by atoms with Crippen LogP contribution < -0.4 is 10.6 Å². The van der Waals surface area contributed by atoms with Crippen LogP contribution in [-0.2, 0) is 31.8 Å². The highest BCUT2D eigenvalue weighted by atomic mass is 19.4. The summed E-state index contributed by atoms with van der Waals surface area (Å²) in [6, 6.07) is 11.2. The summed E-state index contributed by atoms with van der Waals surface area (Å²) in [6.45, 7) is 5.34. The van der Waals surface area contributed by atoms with Crippen molar-refractivity contribution in [2.75, 3.05) is 11.5 Å². The monoisotopic (exact) mass is 516 g/mol. The van der Waals surface area contributed by atoms with Crippen molar-refractivity contribution in [1.29, 1.82) is 0 Å². The molecule has 198 valence electrons. The lowest BCUT2D eigenvalue weighted by Crippen LogP contribution is -2.48. The highest BCUT2D eigenvalue weighted by Gasteiger charge is 2.48. The summed E-state index contributed by atoms with van der Waals surface area (Å²) >= 11 is 0. The second-order valence-corrected chi connectivity index (χ2v) is 8.91. The third-order valence-corrected chi connectivity index (χ3v) is 6.48. The molecule has 0 spiro atoms. The number of carbonyl (C=O) groups excluding carboxylic acids is 3. The first kappa shape index (κ1) is 28.1. The summed E-state index contributed by atoms with van der Waals surface area (Å²) in [6.07, 6.45) is -3.31. The van der Waals surface area contributed by atoms with E-state index in [0.29, 0.717) is 18.4 Å². The Bertz CT molecular complexity index is 1190. The molecule has 0 radical (unpaired) electrons. The average molecular weight is 517 g/mol. The molecule has 0 bridgehead atoms. The number of halogens is 3. The topological polar surface area (TPSA) is 89.7 Å². The van der Waals surface area contributed by atoms with Crippen molar-refractivity contribution < 1.29 is 32.3 Å². The number of amides is 1. The molecule has 6 nitrogen and oxygen atoms in total. The first-order valence-corrected chi connectivity index (χ1v) is 12.3. The third-order valence-electron chi connectivity index (χ3n) is 6.48. The Balaban J connectivity index is 2.28. The first-order chi connectivity index (χ1) is 17.5. The number of ketones is 1. The van der Waals surface area contributed by atoms with Gasteiger partial charge in [0.1, 0.15) is 11.7 Å². The van der Waals surface area contributed by atoms with Crippen molar-refractivity contribution in [3.8, 4) is 0 Å². The number of esters is 1. The molecule has 2 unspecified atom stereocenters. The number of rotatable bonds is 9. The number of carbonyl (C=O) groups is 3. The summed E-state index contributed by atoms with van der Waals surface area (Å²) < 4.78 is 45.7. The van der Waals surface area contributed by atoms with E-state index in [0.717, 1.165) is 22.6 Å². The Morgan fingerprint density at radius 2 is 1.76 bits per heavy atom. The van der Waals surface area contributed by atoms with Crippen molar-refractivity contribution in [1.82, 2.24) is 0 Å². The van der Waals surface area contributed by atoms with Crippen molar-refractivity contribution in [3.05, 3.63) is 76.5 Å². The van der Waals surface area contributed by atoms with Crippen molar-refractivity contribution in [2.24, 2.45) is 11.7 Å². The number of nitrogens with two attached hydrogens (primary N) is 1. The van der Waals surface area contributed by atoms with E-state index >= 15 is 0 Å². The molecule has 0 saturated carbocycles. The van der Waals surface area contributed by atoms with Crippen LogP contribution >= 0.6 is 0 Å². The van der Waals surface area contributed by atoms with Crippen LogP contribution in [0.15, 0.2) is 59.8 Å². The highest BCUT2D eigenvalue weighted by molar-refractivity contribution is 6.15. The average Bonchev–Trinajstić information content (AvgIpc) is 2.86. The van der Waals surface area contributed by atoms with Crippen molar-refractivity contribution in [2.45, 2.75) is 58.7 Å². The molecular weight excluding hydrogens is 485 g/mol. The Labute approximate surface area is 214 Å². The van der Waals surface area contributed by atoms with Crippen LogP contribution in [-0.4, -0.2) is 24.3 Å². The fraction of sp³-hybridized carbons (Fsp3) is 0.393. The quantitative estimate of drug-likeness (QED) is 0.351. The van der Waals surface area contributed by atoms with E-state index in [1.165, 1.54) is 19.1 Å². The van der Waals surface area contributed by atoms with E-state index in [4.69, 9.17) is 10.5 Å². The number of benzene rings is 2. The number of unbranched alkanes of at least 4 members (excludes halogenated alkanes) is 1. The third kappa shape index (κ3) is 5.93. The molecule has 37 heavy (non-hydrogen) atoms. The molecule has 9 heteroatoms. The van der Waals surface area contributed by atoms with Crippen LogP contribution in [0.2, 0.25) is 0 Å². The number of anilines is 1. The maximum Gasteiger partial charge on any atom is 0.416 e. The van der Waals surface area contributed by atoms with Crippen LogP contribution in [0.5, 0.6) is 0 Å². The molecule has 2 aromatic carbocycles. The minimum absolute atomic E-state index is 0.0421. The number of alkyl halides is 3. The summed E-state index contributed by atoms with van der Waals surface area (Å²) in [5.74, 6) is -4.06. The number of hydrogen-bond acceptors (Lipinski definition) is 5. The van der Waals surface area contributed by atoms with E-state index in [9.17, 15) is 27.6 Å². The molecule has 0 saturated heterocycles. The van der Waals surface area contributed by atoms with Gasteiger partial charge in [-0.15, -0.1) is 0 Å². The fourth-order valence-corrected chi connectivity index (χ4v) is 4.64. The van der Waals surface area contributed by atoms with Gasteiger partial charge in [0.25, 0.3) is 0 Å². The van der Waals surface area contributed by atoms with E-state index in [1.54, 1.807) is 31.2 Å². The molecule has 2 atom stereocenters. The van der Waals surface area contributed by atoms with Gasteiger partial charge in [0.2, 0.25) is 5.91 Å². The van der Waals surface area contributed by atoms with Crippen molar-refractivity contribution in [3.63, 3.8) is 0 Å². The Morgan fingerprint density at radius 3 is 2.32 bits per heavy atom. The molecule has 1 heterocycles. The van der Waals surface area contributed by atoms with Crippen LogP contribution in [0.1, 0.15) is 62.6 Å². The van der Waals surface area contributed by atoms with Gasteiger partial charge in [0, 0.05) is 30.3 Å². The first-order valence-electron chi connectivity index (χ1n) is 12.3. The van der Waals surface area contributed by atoms with Crippen LogP contribution in [0.3, 0.4) is 0 Å². The molecule has 1 aliphatic heterocycles. The number of allylic oxidation sites excluding steroid dienone is 1. The number of nitrogens with zero attached hydrogens (tertiary/aromatic N) is 1. The summed E-state index contributed by atoms with van der Waals surface area (Å²) in [5, 5.41) is 0. The van der Waals surface area contributed by atoms with Gasteiger partial charge in [0.15, 0.2) is 0 Å². The van der Waals surface area contributed by atoms with E-state index in [-0.39, 0.29) is 42.3 Å². The minimum atomic E-state index is -4.64. The van der Waals surface area contributed by atoms with E-state index in [1.807, 2.05) is 6.92 Å². The molecule has 2 N–H and O–H groups in total. The van der Waals surface area contributed by atoms with E-state index in [2.05, 4.69) is 0 Å². The Morgan fingerprint density at radius 1 is 1.08 bits per heavy atom. The normalized spacial score (nSPS) is 18.2. The zero-order chi connectivity index (χ0) is 27.3. The van der Waals surface area contributed by atoms with E-state index < -0.39 is 35.5 Å². The molecule has 1 aliphatic rings. The Kier molecular flexibility index (Phi) is 8.91. The van der Waals surface area contributed by atoms with Gasteiger partial charge in [-0.3, -0.25) is 14.5 Å². The zero-order valence-electron chi connectivity index (χ0n) is 21.1. The van der Waals surface area contributed by atoms with Gasteiger partial charge in [-0.05, 0) is 49.6 Å². The second kappa shape index (κ2) is 11.7. The van der Waals surface area contributed by atoms with Crippen molar-refractivity contribution >= 4 is 23.3 Å². The molecule has 0 aliphatic carbocycles. The van der Waals surface area contributed by atoms with Gasteiger partial charge in [0.05, 0.1) is 17.7 Å². The predicted molar refractivity (Wildman–Crippen MR) is 133 cm³/mol. The predicted octanol–water partition coefficient (Wildman–Crippen LogP) is 5.51. The van der Waals surface area contributed by atoms with Gasteiger partial charge in [-0.2, -0.15) is 13.2 Å². The maximum atomic E-state index is 14.0.